The molecule has 1 aliphatic rings. The highest BCUT2D eigenvalue weighted by molar-refractivity contribution is 5.94. The highest BCUT2D eigenvalue weighted by atomic mass is 16.4. The van der Waals surface area contributed by atoms with Crippen molar-refractivity contribution in [3.63, 3.8) is 0 Å². The van der Waals surface area contributed by atoms with E-state index in [-0.39, 0.29) is 19.4 Å². The molecule has 10 N–H and O–H groups in total. The number of rotatable bonds is 18. The van der Waals surface area contributed by atoms with Crippen LogP contribution in [0.5, 0.6) is 0 Å². The largest absolute Gasteiger partial charge is 0.481 e. The van der Waals surface area contributed by atoms with Crippen molar-refractivity contribution < 1.29 is 44.1 Å². The summed E-state index contributed by atoms with van der Waals surface area (Å²) in [5.74, 6) is -5.06. The van der Waals surface area contributed by atoms with Crippen LogP contribution in [-0.2, 0) is 28.8 Å². The van der Waals surface area contributed by atoms with E-state index in [0.29, 0.717) is 38.8 Å². The number of carboxylic acid groups (broad SMARTS) is 2. The molecule has 1 saturated heterocycles. The van der Waals surface area contributed by atoms with Crippen LogP contribution in [0.2, 0.25) is 0 Å². The van der Waals surface area contributed by atoms with E-state index in [4.69, 9.17) is 16.6 Å². The zero-order valence-corrected chi connectivity index (χ0v) is 20.7. The van der Waals surface area contributed by atoms with Crippen LogP contribution >= 0.6 is 0 Å². The molecule has 15 heteroatoms. The van der Waals surface area contributed by atoms with Gasteiger partial charge in [0.2, 0.25) is 23.6 Å². The maximum absolute atomic E-state index is 13.2. The normalized spacial score (nSPS) is 17.5. The Balaban J connectivity index is 2.90. The smallest absolute Gasteiger partial charge is 0.305 e. The third-order valence-electron chi connectivity index (χ3n) is 5.88. The third-order valence-corrected chi connectivity index (χ3v) is 5.88. The monoisotopic (exact) mass is 530 g/mol. The number of carbonyl (C=O) groups excluding carboxylic acids is 4. The van der Waals surface area contributed by atoms with E-state index in [1.807, 2.05) is 0 Å². The van der Waals surface area contributed by atoms with E-state index >= 15 is 0 Å². The summed E-state index contributed by atoms with van der Waals surface area (Å²) < 4.78 is 0. The minimum absolute atomic E-state index is 0.206. The third kappa shape index (κ3) is 11.5. The van der Waals surface area contributed by atoms with Crippen LogP contribution in [-0.4, -0.2) is 106 Å². The van der Waals surface area contributed by atoms with Crippen LogP contribution in [0.4, 0.5) is 0 Å². The standard InChI is InChI=1S/C22H38N6O9/c23-8-2-1-4-14(22(37)28-9-3-5-16(28)20(24)35)27-21(36)15(10-19(33)34)25-11-13(12-29)26-17(30)6-7-18(31)32/h13-16,25,29H,1-12,23H2,(H2,24,35)(H,26,30)(H,27,36)(H,31,32)(H,33,34)/t13-,14+,15+,16+/m1/s1. The molecule has 0 aromatic rings. The molecule has 37 heavy (non-hydrogen) atoms. The first-order chi connectivity index (χ1) is 17.5. The average Bonchev–Trinajstić information content (AvgIpc) is 3.33. The molecule has 1 rings (SSSR count). The Morgan fingerprint density at radius 2 is 1.68 bits per heavy atom. The van der Waals surface area contributed by atoms with E-state index in [2.05, 4.69) is 16.0 Å². The fourth-order valence-electron chi connectivity index (χ4n) is 3.95. The second kappa shape index (κ2) is 16.4. The molecule has 210 valence electrons. The summed E-state index contributed by atoms with van der Waals surface area (Å²) in [5, 5.41) is 35.1. The average molecular weight is 531 g/mol. The molecule has 0 aromatic heterocycles. The van der Waals surface area contributed by atoms with Gasteiger partial charge in [0.15, 0.2) is 0 Å². The number of unbranched alkanes of at least 4 members (excludes halogenated alkanes) is 1. The molecular formula is C22H38N6O9. The number of primary amides is 1. The van der Waals surface area contributed by atoms with E-state index < -0.39 is 79.2 Å². The number of likely N-dealkylation sites (tertiary alicyclic amines) is 1. The number of hydrogen-bond donors (Lipinski definition) is 8. The quantitative estimate of drug-likeness (QED) is 0.0821. The number of aliphatic carboxylic acids is 2. The molecule has 0 bridgehead atoms. The molecule has 0 saturated carbocycles. The van der Waals surface area contributed by atoms with Gasteiger partial charge in [-0.3, -0.25) is 28.8 Å². The molecule has 0 spiro atoms. The van der Waals surface area contributed by atoms with Crippen LogP contribution in [0.3, 0.4) is 0 Å². The highest BCUT2D eigenvalue weighted by Gasteiger charge is 2.37. The maximum Gasteiger partial charge on any atom is 0.305 e. The molecule has 1 aliphatic heterocycles. The molecule has 4 atom stereocenters. The molecule has 0 aliphatic carbocycles. The van der Waals surface area contributed by atoms with Crippen molar-refractivity contribution in [1.29, 1.82) is 0 Å². The fourth-order valence-corrected chi connectivity index (χ4v) is 3.95. The fraction of sp³-hybridized carbons (Fsp3) is 0.727. The minimum atomic E-state index is -1.32. The first-order valence-corrected chi connectivity index (χ1v) is 12.2. The van der Waals surface area contributed by atoms with Crippen LogP contribution in [0.25, 0.3) is 0 Å². The van der Waals surface area contributed by atoms with E-state index in [1.165, 1.54) is 4.90 Å². The van der Waals surface area contributed by atoms with Crippen molar-refractivity contribution >= 4 is 35.6 Å². The van der Waals surface area contributed by atoms with E-state index in [0.717, 1.165) is 0 Å². The number of nitrogens with two attached hydrogens (primary N) is 2. The van der Waals surface area contributed by atoms with Gasteiger partial charge in [0.05, 0.1) is 31.5 Å². The van der Waals surface area contributed by atoms with Gasteiger partial charge in [-0.05, 0) is 38.6 Å². The number of nitrogens with zero attached hydrogens (tertiary/aromatic N) is 1. The number of aliphatic hydroxyl groups excluding tert-OH is 1. The topological polar surface area (TPSA) is 254 Å². The number of carbonyl (C=O) groups is 6. The van der Waals surface area contributed by atoms with Gasteiger partial charge in [-0.15, -0.1) is 0 Å². The first kappa shape index (κ1) is 31.7. The van der Waals surface area contributed by atoms with Crippen LogP contribution in [0.1, 0.15) is 51.4 Å². The zero-order chi connectivity index (χ0) is 28.0. The Morgan fingerprint density at radius 1 is 0.973 bits per heavy atom. The van der Waals surface area contributed by atoms with Gasteiger partial charge >= 0.3 is 11.9 Å². The van der Waals surface area contributed by atoms with Gasteiger partial charge in [0.25, 0.3) is 0 Å². The van der Waals surface area contributed by atoms with Crippen molar-refractivity contribution in [2.45, 2.75) is 75.5 Å². The number of aliphatic hydroxyl groups is 1. The Kier molecular flexibility index (Phi) is 14.1. The highest BCUT2D eigenvalue weighted by Crippen LogP contribution is 2.19. The lowest BCUT2D eigenvalue weighted by Crippen LogP contribution is -2.57. The summed E-state index contributed by atoms with van der Waals surface area (Å²) in [4.78, 5) is 73.1. The summed E-state index contributed by atoms with van der Waals surface area (Å²) in [5.41, 5.74) is 10.9. The predicted octanol–water partition coefficient (Wildman–Crippen LogP) is -3.15. The van der Waals surface area contributed by atoms with Crippen molar-refractivity contribution in [3.8, 4) is 0 Å². The van der Waals surface area contributed by atoms with Crippen molar-refractivity contribution in [2.75, 3.05) is 26.2 Å². The molecule has 4 amide bonds. The van der Waals surface area contributed by atoms with Gasteiger partial charge in [-0.2, -0.15) is 0 Å². The Labute approximate surface area is 214 Å². The Hall–Kier alpha value is -3.30. The number of amides is 4. The van der Waals surface area contributed by atoms with Crippen molar-refractivity contribution in [3.05, 3.63) is 0 Å². The molecule has 1 heterocycles. The van der Waals surface area contributed by atoms with Crippen molar-refractivity contribution in [1.82, 2.24) is 20.9 Å². The van der Waals surface area contributed by atoms with Gasteiger partial charge in [-0.25, -0.2) is 0 Å². The lowest BCUT2D eigenvalue weighted by molar-refractivity contribution is -0.142. The maximum atomic E-state index is 13.2. The molecule has 0 aromatic carbocycles. The van der Waals surface area contributed by atoms with Gasteiger partial charge < -0.3 is 47.6 Å². The Morgan fingerprint density at radius 3 is 2.24 bits per heavy atom. The van der Waals surface area contributed by atoms with Crippen LogP contribution in [0.15, 0.2) is 0 Å². The van der Waals surface area contributed by atoms with Gasteiger partial charge in [0.1, 0.15) is 12.1 Å². The summed E-state index contributed by atoms with van der Waals surface area (Å²) in [6, 6.07) is -4.07. The van der Waals surface area contributed by atoms with Gasteiger partial charge in [-0.1, -0.05) is 0 Å². The predicted molar refractivity (Wildman–Crippen MR) is 129 cm³/mol. The zero-order valence-electron chi connectivity index (χ0n) is 20.7. The van der Waals surface area contributed by atoms with Crippen LogP contribution < -0.4 is 27.4 Å². The second-order valence-electron chi connectivity index (χ2n) is 8.84. The summed E-state index contributed by atoms with van der Waals surface area (Å²) in [7, 11) is 0. The summed E-state index contributed by atoms with van der Waals surface area (Å²) >= 11 is 0. The second-order valence-corrected chi connectivity index (χ2v) is 8.84. The number of carboxylic acids is 2. The molecular weight excluding hydrogens is 492 g/mol. The molecule has 1 fully saturated rings. The number of hydrogen-bond acceptors (Lipinski definition) is 9. The molecule has 15 nitrogen and oxygen atoms in total. The summed E-state index contributed by atoms with van der Waals surface area (Å²) in [6.07, 6.45) is 0.885. The lowest BCUT2D eigenvalue weighted by Gasteiger charge is -2.29. The SMILES string of the molecule is NCCCC[C@H](NC(=O)[C@H](CC(=O)O)NC[C@H](CO)NC(=O)CCC(=O)O)C(=O)N1CCC[C@H]1C(N)=O. The minimum Gasteiger partial charge on any atom is -0.481 e. The van der Waals surface area contributed by atoms with E-state index in [1.54, 1.807) is 0 Å². The van der Waals surface area contributed by atoms with E-state index in [9.17, 15) is 39.0 Å². The Bertz CT molecular complexity index is 824. The van der Waals surface area contributed by atoms with Crippen molar-refractivity contribution in [2.24, 2.45) is 11.5 Å². The summed E-state index contributed by atoms with van der Waals surface area (Å²) in [6.45, 7) is -0.0993. The number of nitrogens with one attached hydrogen (secondary N) is 3. The molecule has 0 radical (unpaired) electrons. The molecule has 0 unspecified atom stereocenters. The lowest BCUT2D eigenvalue weighted by atomic mass is 10.1. The first-order valence-electron chi connectivity index (χ1n) is 12.2. The van der Waals surface area contributed by atoms with Gasteiger partial charge in [0, 0.05) is 19.5 Å². The van der Waals surface area contributed by atoms with Crippen LogP contribution in [0, 0.1) is 0 Å².